The van der Waals surface area contributed by atoms with Gasteiger partial charge in [0.2, 0.25) is 0 Å². The maximum absolute atomic E-state index is 9.95. The molecule has 6 atom stereocenters. The molecule has 0 amide bonds. The zero-order chi connectivity index (χ0) is 16.6. The molecule has 23 heavy (non-hydrogen) atoms. The first kappa shape index (κ1) is 17.3. The summed E-state index contributed by atoms with van der Waals surface area (Å²) in [6, 6.07) is 0. The highest BCUT2D eigenvalue weighted by molar-refractivity contribution is 5.26. The molecule has 0 radical (unpaired) electrons. The molecular formula is C22H36O. The third-order valence-corrected chi connectivity index (χ3v) is 7.62. The van der Waals surface area contributed by atoms with Gasteiger partial charge < -0.3 is 5.11 Å². The Bertz CT molecular complexity index is 488. The molecule has 0 aliphatic heterocycles. The van der Waals surface area contributed by atoms with E-state index >= 15 is 0 Å². The first-order valence-corrected chi connectivity index (χ1v) is 10.2. The molecule has 4 rings (SSSR count). The van der Waals surface area contributed by atoms with Crippen molar-refractivity contribution in [1.82, 2.24) is 0 Å². The van der Waals surface area contributed by atoms with Gasteiger partial charge in [-0.25, -0.2) is 0 Å². The van der Waals surface area contributed by atoms with Gasteiger partial charge >= 0.3 is 0 Å². The molecule has 0 heterocycles. The Kier molecular flexibility index (Phi) is 5.06. The third-order valence-electron chi connectivity index (χ3n) is 7.62. The normalized spacial score (nSPS) is 46.9. The van der Waals surface area contributed by atoms with Crippen molar-refractivity contribution in [3.63, 3.8) is 0 Å². The average molecular weight is 317 g/mol. The second-order valence-electron chi connectivity index (χ2n) is 8.30. The lowest BCUT2D eigenvalue weighted by Crippen LogP contribution is -2.44. The van der Waals surface area contributed by atoms with E-state index < -0.39 is 0 Å². The monoisotopic (exact) mass is 316 g/mol. The van der Waals surface area contributed by atoms with Gasteiger partial charge in [-0.3, -0.25) is 0 Å². The Balaban J connectivity index is 0.000000753. The number of allylic oxidation sites excluding steroid dienone is 3. The lowest BCUT2D eigenvalue weighted by Gasteiger charge is -2.52. The van der Waals surface area contributed by atoms with E-state index in [4.69, 9.17) is 0 Å². The quantitative estimate of drug-likeness (QED) is 0.552. The minimum atomic E-state index is -0.0565. The van der Waals surface area contributed by atoms with Crippen LogP contribution in [0, 0.1) is 29.1 Å². The topological polar surface area (TPSA) is 20.2 Å². The van der Waals surface area contributed by atoms with E-state index in [-0.39, 0.29) is 6.10 Å². The predicted octanol–water partition coefficient (Wildman–Crippen LogP) is 5.89. The van der Waals surface area contributed by atoms with Crippen LogP contribution in [-0.4, -0.2) is 11.2 Å². The number of aliphatic hydroxyl groups is 1. The Morgan fingerprint density at radius 3 is 2.65 bits per heavy atom. The molecule has 1 nitrogen and oxygen atoms in total. The minimum Gasteiger partial charge on any atom is -0.393 e. The van der Waals surface area contributed by atoms with Crippen molar-refractivity contribution < 1.29 is 5.11 Å². The first-order chi connectivity index (χ1) is 11.1. The van der Waals surface area contributed by atoms with Gasteiger partial charge in [0.05, 0.1) is 6.10 Å². The van der Waals surface area contributed by atoms with Gasteiger partial charge in [-0.1, -0.05) is 44.1 Å². The van der Waals surface area contributed by atoms with Crippen molar-refractivity contribution in [2.45, 2.75) is 85.2 Å². The second-order valence-corrected chi connectivity index (χ2v) is 8.30. The molecule has 1 N–H and O–H groups in total. The third kappa shape index (κ3) is 2.73. The zero-order valence-corrected chi connectivity index (χ0v) is 15.6. The summed E-state index contributed by atoms with van der Waals surface area (Å²) in [7, 11) is 0. The molecule has 6 unspecified atom stereocenters. The fraction of sp³-hybridized carbons (Fsp3) is 0.818. The highest BCUT2D eigenvalue weighted by atomic mass is 16.3. The molecule has 0 aromatic heterocycles. The van der Waals surface area contributed by atoms with Crippen LogP contribution < -0.4 is 0 Å². The van der Waals surface area contributed by atoms with E-state index in [1.165, 1.54) is 38.5 Å². The van der Waals surface area contributed by atoms with Gasteiger partial charge in [0.15, 0.2) is 0 Å². The van der Waals surface area contributed by atoms with Crippen molar-refractivity contribution in [1.29, 1.82) is 0 Å². The molecule has 0 aromatic rings. The highest BCUT2D eigenvalue weighted by Gasteiger charge is 2.53. The number of hydrogen-bond donors (Lipinski definition) is 1. The van der Waals surface area contributed by atoms with Crippen LogP contribution in [0.3, 0.4) is 0 Å². The number of rotatable bonds is 0. The van der Waals surface area contributed by atoms with Crippen molar-refractivity contribution in [3.8, 4) is 0 Å². The molecule has 0 spiro atoms. The lowest BCUT2D eigenvalue weighted by molar-refractivity contribution is 0.0141. The summed E-state index contributed by atoms with van der Waals surface area (Å²) in [5.41, 5.74) is 3.87. The number of fused-ring (bicyclic) bond motifs is 5. The Morgan fingerprint density at radius 2 is 1.91 bits per heavy atom. The van der Waals surface area contributed by atoms with E-state index in [9.17, 15) is 5.11 Å². The Hall–Kier alpha value is -0.560. The van der Waals surface area contributed by atoms with Gasteiger partial charge in [-0.05, 0) is 87.4 Å². The second kappa shape index (κ2) is 6.75. The van der Waals surface area contributed by atoms with Gasteiger partial charge in [-0.2, -0.15) is 0 Å². The maximum atomic E-state index is 9.95. The fourth-order valence-corrected chi connectivity index (χ4v) is 6.57. The smallest absolute Gasteiger partial charge is 0.0577 e. The van der Waals surface area contributed by atoms with E-state index in [0.29, 0.717) is 5.41 Å². The summed E-state index contributed by atoms with van der Waals surface area (Å²) in [4.78, 5) is 0. The van der Waals surface area contributed by atoms with E-state index in [1.807, 2.05) is 13.8 Å². The summed E-state index contributed by atoms with van der Waals surface area (Å²) in [6.07, 6.45) is 15.0. The largest absolute Gasteiger partial charge is 0.393 e. The molecular weight excluding hydrogens is 280 g/mol. The van der Waals surface area contributed by atoms with Crippen molar-refractivity contribution in [2.24, 2.45) is 29.1 Å². The van der Waals surface area contributed by atoms with E-state index in [1.54, 1.807) is 11.1 Å². The summed E-state index contributed by atoms with van der Waals surface area (Å²) >= 11 is 0. The van der Waals surface area contributed by atoms with Crippen LogP contribution in [0.2, 0.25) is 0 Å². The summed E-state index contributed by atoms with van der Waals surface area (Å²) in [5, 5.41) is 9.95. The maximum Gasteiger partial charge on any atom is 0.0577 e. The van der Waals surface area contributed by atoms with Gasteiger partial charge in [0.1, 0.15) is 0 Å². The lowest BCUT2D eigenvalue weighted by atomic mass is 9.52. The van der Waals surface area contributed by atoms with Crippen molar-refractivity contribution in [2.75, 3.05) is 0 Å². The van der Waals surface area contributed by atoms with Crippen LogP contribution in [-0.2, 0) is 0 Å². The van der Waals surface area contributed by atoms with Gasteiger partial charge in [0.25, 0.3) is 0 Å². The Labute approximate surface area is 143 Å². The van der Waals surface area contributed by atoms with Crippen LogP contribution in [0.15, 0.2) is 23.3 Å². The van der Waals surface area contributed by atoms with Crippen LogP contribution in [0.25, 0.3) is 0 Å². The van der Waals surface area contributed by atoms with E-state index in [2.05, 4.69) is 26.0 Å². The number of hydrogen-bond acceptors (Lipinski definition) is 1. The molecule has 0 bridgehead atoms. The molecule has 4 aliphatic rings. The molecule has 0 saturated heterocycles. The zero-order valence-electron chi connectivity index (χ0n) is 15.6. The average Bonchev–Trinajstić information content (AvgIpc) is 2.92. The molecule has 3 saturated carbocycles. The first-order valence-electron chi connectivity index (χ1n) is 10.2. The summed E-state index contributed by atoms with van der Waals surface area (Å²) in [5.74, 6) is 3.58. The van der Waals surface area contributed by atoms with Crippen molar-refractivity contribution >= 4 is 0 Å². The van der Waals surface area contributed by atoms with Crippen LogP contribution in [0.1, 0.15) is 79.1 Å². The summed E-state index contributed by atoms with van der Waals surface area (Å²) < 4.78 is 0. The SMILES string of the molecule is C/C=C1/CCC2C3CC=C4CC(O)CCC4C3CCC12C.CC. The van der Waals surface area contributed by atoms with Gasteiger partial charge in [0, 0.05) is 0 Å². The van der Waals surface area contributed by atoms with Crippen LogP contribution >= 0.6 is 0 Å². The number of aliphatic hydroxyl groups excluding tert-OH is 1. The highest BCUT2D eigenvalue weighted by Crippen LogP contribution is 2.62. The molecule has 0 aromatic carbocycles. The van der Waals surface area contributed by atoms with Crippen molar-refractivity contribution in [3.05, 3.63) is 23.3 Å². The molecule has 1 heteroatoms. The van der Waals surface area contributed by atoms with Crippen LogP contribution in [0.5, 0.6) is 0 Å². The molecule has 3 fully saturated rings. The Morgan fingerprint density at radius 1 is 1.13 bits per heavy atom. The molecule has 130 valence electrons. The standard InChI is InChI=1S/C20H30O.C2H6/c1-3-14-5-9-19-18-7-4-13-12-15(21)6-8-16(13)17(18)10-11-20(14,19)2;1-2/h3-4,15-19,21H,5-12H2,1-2H3;1-2H3/b14-3-;. The predicted molar refractivity (Wildman–Crippen MR) is 98.2 cm³/mol. The summed E-state index contributed by atoms with van der Waals surface area (Å²) in [6.45, 7) is 8.80. The fourth-order valence-electron chi connectivity index (χ4n) is 6.57. The minimum absolute atomic E-state index is 0.0565. The van der Waals surface area contributed by atoms with Gasteiger partial charge in [-0.15, -0.1) is 0 Å². The van der Waals surface area contributed by atoms with E-state index in [0.717, 1.165) is 36.5 Å². The molecule has 4 aliphatic carbocycles. The van der Waals surface area contributed by atoms with Crippen LogP contribution in [0.4, 0.5) is 0 Å².